The Labute approximate surface area is 174 Å². The van der Waals surface area contributed by atoms with Crippen molar-refractivity contribution >= 4 is 9.84 Å². The highest BCUT2D eigenvalue weighted by Gasteiger charge is 2.35. The number of nitrogens with zero attached hydrogens (tertiary/aromatic N) is 2. The smallest absolute Gasteiger partial charge is 0.264 e. The number of rotatable bonds is 4. The molecule has 30 heavy (non-hydrogen) atoms. The minimum Gasteiger partial charge on any atom is -0.264 e. The first-order chi connectivity index (χ1) is 13.7. The average molecular weight is 436 g/mol. The number of benzene rings is 2. The summed E-state index contributed by atoms with van der Waals surface area (Å²) in [4.78, 5) is 0.210. The highest BCUT2D eigenvalue weighted by atomic mass is 32.2. The van der Waals surface area contributed by atoms with Crippen LogP contribution < -0.4 is 0 Å². The first kappa shape index (κ1) is 22.1. The second-order valence-electron chi connectivity index (χ2n) is 8.51. The molecule has 8 heteroatoms. The summed E-state index contributed by atoms with van der Waals surface area (Å²) in [6, 6.07) is 14.6. The van der Waals surface area contributed by atoms with Gasteiger partial charge in [-0.15, -0.1) is 0 Å². The molecular formula is C22H23F3N2O2S. The van der Waals surface area contributed by atoms with E-state index in [1.54, 1.807) is 42.5 Å². The quantitative estimate of drug-likeness (QED) is 0.528. The third kappa shape index (κ3) is 5.11. The summed E-state index contributed by atoms with van der Waals surface area (Å²) < 4.78 is 64.6. The predicted octanol–water partition coefficient (Wildman–Crippen LogP) is 5.69. The van der Waals surface area contributed by atoms with Crippen LogP contribution in [-0.4, -0.2) is 24.5 Å². The zero-order valence-electron chi connectivity index (χ0n) is 17.2. The Kier molecular flexibility index (Phi) is 5.58. The van der Waals surface area contributed by atoms with Gasteiger partial charge in [0.1, 0.15) is 0 Å². The maximum atomic E-state index is 13.2. The third-order valence-corrected chi connectivity index (χ3v) is 5.58. The second kappa shape index (κ2) is 7.58. The van der Waals surface area contributed by atoms with Gasteiger partial charge >= 0.3 is 6.18 Å². The Morgan fingerprint density at radius 1 is 0.900 bits per heavy atom. The van der Waals surface area contributed by atoms with Gasteiger partial charge in [-0.3, -0.25) is 4.68 Å². The van der Waals surface area contributed by atoms with Crippen LogP contribution in [-0.2, 0) is 22.6 Å². The average Bonchev–Trinajstić information content (AvgIpc) is 3.03. The lowest BCUT2D eigenvalue weighted by molar-refractivity contribution is -0.141. The van der Waals surface area contributed by atoms with Gasteiger partial charge in [-0.2, -0.15) is 18.3 Å². The molecule has 0 spiro atoms. The maximum absolute atomic E-state index is 13.2. The molecule has 1 aromatic heterocycles. The van der Waals surface area contributed by atoms with Crippen molar-refractivity contribution in [3.63, 3.8) is 0 Å². The lowest BCUT2D eigenvalue weighted by Crippen LogP contribution is -2.18. The van der Waals surface area contributed by atoms with E-state index in [1.165, 1.54) is 10.7 Å². The van der Waals surface area contributed by atoms with Crippen LogP contribution in [0.3, 0.4) is 0 Å². The summed E-state index contributed by atoms with van der Waals surface area (Å²) in [7, 11) is -3.34. The second-order valence-corrected chi connectivity index (χ2v) is 10.5. The summed E-state index contributed by atoms with van der Waals surface area (Å²) in [5.41, 5.74) is 1.28. The molecule has 0 aliphatic rings. The van der Waals surface area contributed by atoms with E-state index in [0.29, 0.717) is 23.4 Å². The van der Waals surface area contributed by atoms with E-state index >= 15 is 0 Å². The van der Waals surface area contributed by atoms with Gasteiger partial charge in [0.2, 0.25) is 0 Å². The van der Waals surface area contributed by atoms with Gasteiger partial charge in [-0.1, -0.05) is 57.2 Å². The molecule has 0 atom stereocenters. The van der Waals surface area contributed by atoms with Crippen molar-refractivity contribution in [3.05, 3.63) is 60.3 Å². The standard InChI is InChI=1S/C22H23F3N2O2S/c1-21(2,3)14-27-19(13-20(26-27)22(23,24)25)16-10-8-15(9-11-16)17-6-5-7-18(12-17)30(4,28)29/h5-13H,14H2,1-4H3. The van der Waals surface area contributed by atoms with Gasteiger partial charge in [0.05, 0.1) is 10.6 Å². The van der Waals surface area contributed by atoms with Crippen LogP contribution in [0.1, 0.15) is 26.5 Å². The van der Waals surface area contributed by atoms with Crippen LogP contribution in [0, 0.1) is 5.41 Å². The molecule has 0 aliphatic carbocycles. The predicted molar refractivity (Wildman–Crippen MR) is 111 cm³/mol. The SMILES string of the molecule is CC(C)(C)Cn1nc(C(F)(F)F)cc1-c1ccc(-c2cccc(S(C)(=O)=O)c2)cc1. The molecule has 0 unspecified atom stereocenters. The Morgan fingerprint density at radius 3 is 2.03 bits per heavy atom. The monoisotopic (exact) mass is 436 g/mol. The van der Waals surface area contributed by atoms with Crippen molar-refractivity contribution in [2.45, 2.75) is 38.4 Å². The Balaban J connectivity index is 2.01. The molecule has 0 saturated heterocycles. The maximum Gasteiger partial charge on any atom is 0.435 e. The van der Waals surface area contributed by atoms with Gasteiger partial charge in [0.25, 0.3) is 0 Å². The first-order valence-corrected chi connectivity index (χ1v) is 11.2. The summed E-state index contributed by atoms with van der Waals surface area (Å²) >= 11 is 0. The van der Waals surface area contributed by atoms with Gasteiger partial charge in [0, 0.05) is 12.8 Å². The van der Waals surface area contributed by atoms with E-state index in [9.17, 15) is 21.6 Å². The van der Waals surface area contributed by atoms with Crippen LogP contribution in [0.15, 0.2) is 59.5 Å². The minimum atomic E-state index is -4.52. The molecule has 0 saturated carbocycles. The largest absolute Gasteiger partial charge is 0.435 e. The van der Waals surface area contributed by atoms with Crippen molar-refractivity contribution in [1.82, 2.24) is 9.78 Å². The van der Waals surface area contributed by atoms with Gasteiger partial charge < -0.3 is 0 Å². The lowest BCUT2D eigenvalue weighted by Gasteiger charge is -2.20. The molecule has 0 aliphatic heterocycles. The number of hydrogen-bond acceptors (Lipinski definition) is 3. The van der Waals surface area contributed by atoms with Gasteiger partial charge in [-0.25, -0.2) is 8.42 Å². The normalized spacial score (nSPS) is 12.9. The van der Waals surface area contributed by atoms with Crippen LogP contribution in [0.25, 0.3) is 22.4 Å². The van der Waals surface area contributed by atoms with Crippen LogP contribution in [0.5, 0.6) is 0 Å². The number of hydrogen-bond donors (Lipinski definition) is 0. The van der Waals surface area contributed by atoms with Gasteiger partial charge in [0.15, 0.2) is 15.5 Å². The molecular weight excluding hydrogens is 413 g/mol. The van der Waals surface area contributed by atoms with Crippen molar-refractivity contribution in [2.24, 2.45) is 5.41 Å². The van der Waals surface area contributed by atoms with Crippen molar-refractivity contribution in [2.75, 3.05) is 6.26 Å². The molecule has 4 nitrogen and oxygen atoms in total. The minimum absolute atomic E-state index is 0.210. The van der Waals surface area contributed by atoms with E-state index in [4.69, 9.17) is 0 Å². The Bertz CT molecular complexity index is 1160. The number of alkyl halides is 3. The number of aromatic nitrogens is 2. The lowest BCUT2D eigenvalue weighted by atomic mass is 9.96. The van der Waals surface area contributed by atoms with Crippen LogP contribution in [0.2, 0.25) is 0 Å². The summed E-state index contributed by atoms with van der Waals surface area (Å²) in [5, 5.41) is 3.79. The van der Waals surface area contributed by atoms with E-state index in [0.717, 1.165) is 17.9 Å². The molecule has 0 N–H and O–H groups in total. The highest BCUT2D eigenvalue weighted by Crippen LogP contribution is 2.34. The number of sulfone groups is 1. The fourth-order valence-corrected chi connectivity index (χ4v) is 3.76. The molecule has 2 aromatic carbocycles. The van der Waals surface area contributed by atoms with Crippen LogP contribution >= 0.6 is 0 Å². The van der Waals surface area contributed by atoms with E-state index in [2.05, 4.69) is 5.10 Å². The molecule has 0 fully saturated rings. The highest BCUT2D eigenvalue weighted by molar-refractivity contribution is 7.90. The Hall–Kier alpha value is -2.61. The molecule has 1 heterocycles. The fraction of sp³-hybridized carbons (Fsp3) is 0.318. The first-order valence-electron chi connectivity index (χ1n) is 9.30. The summed E-state index contributed by atoms with van der Waals surface area (Å²) in [5.74, 6) is 0. The van der Waals surface area contributed by atoms with E-state index < -0.39 is 21.7 Å². The topological polar surface area (TPSA) is 52.0 Å². The summed E-state index contributed by atoms with van der Waals surface area (Å²) in [6.45, 7) is 6.13. The van der Waals surface area contributed by atoms with Crippen molar-refractivity contribution in [1.29, 1.82) is 0 Å². The number of halogens is 3. The Morgan fingerprint density at radius 2 is 1.50 bits per heavy atom. The molecule has 3 aromatic rings. The van der Waals surface area contributed by atoms with Crippen molar-refractivity contribution < 1.29 is 21.6 Å². The van der Waals surface area contributed by atoms with Gasteiger partial charge in [-0.05, 0) is 40.3 Å². The zero-order chi connectivity index (χ0) is 22.3. The molecule has 0 amide bonds. The molecule has 3 rings (SSSR count). The van der Waals surface area contributed by atoms with Crippen molar-refractivity contribution in [3.8, 4) is 22.4 Å². The summed E-state index contributed by atoms with van der Waals surface area (Å²) in [6.07, 6.45) is -3.38. The molecule has 0 radical (unpaired) electrons. The zero-order valence-corrected chi connectivity index (χ0v) is 18.0. The molecule has 0 bridgehead atoms. The molecule has 160 valence electrons. The fourth-order valence-electron chi connectivity index (χ4n) is 3.10. The van der Waals surface area contributed by atoms with Crippen LogP contribution in [0.4, 0.5) is 13.2 Å². The van der Waals surface area contributed by atoms with E-state index in [1.807, 2.05) is 20.8 Å². The van der Waals surface area contributed by atoms with E-state index in [-0.39, 0.29) is 10.3 Å². The third-order valence-electron chi connectivity index (χ3n) is 4.47.